The van der Waals surface area contributed by atoms with Crippen molar-refractivity contribution in [2.24, 2.45) is 0 Å². The van der Waals surface area contributed by atoms with Crippen LogP contribution in [0.25, 0.3) is 0 Å². The van der Waals surface area contributed by atoms with Crippen molar-refractivity contribution in [3.8, 4) is 5.75 Å². The zero-order valence-corrected chi connectivity index (χ0v) is 8.72. The minimum absolute atomic E-state index is 0.148. The molecule has 1 aromatic rings. The molecule has 2 rings (SSSR count). The first kappa shape index (κ1) is 10.4. The molecule has 2 heterocycles. The van der Waals surface area contributed by atoms with Gasteiger partial charge in [-0.25, -0.2) is 0 Å². The van der Waals surface area contributed by atoms with Crippen LogP contribution in [-0.2, 0) is 4.74 Å². The van der Waals surface area contributed by atoms with Crippen LogP contribution in [0.15, 0.2) is 18.3 Å². The molecule has 4 nitrogen and oxygen atoms in total. The van der Waals surface area contributed by atoms with E-state index < -0.39 is 0 Å². The molecule has 1 saturated heterocycles. The Hall–Kier alpha value is -1.13. The number of rotatable bonds is 2. The summed E-state index contributed by atoms with van der Waals surface area (Å²) in [5.74, 6) is 0.719. The highest BCUT2D eigenvalue weighted by Crippen LogP contribution is 2.31. The quantitative estimate of drug-likeness (QED) is 0.797. The summed E-state index contributed by atoms with van der Waals surface area (Å²) in [6.45, 7) is 0.575. The van der Waals surface area contributed by atoms with Crippen molar-refractivity contribution in [2.75, 3.05) is 13.7 Å². The Morgan fingerprint density at radius 1 is 1.60 bits per heavy atom. The van der Waals surface area contributed by atoms with Gasteiger partial charge in [0.25, 0.3) is 0 Å². The fourth-order valence-corrected chi connectivity index (χ4v) is 1.79. The summed E-state index contributed by atoms with van der Waals surface area (Å²) in [6, 6.07) is 3.67. The summed E-state index contributed by atoms with van der Waals surface area (Å²) < 4.78 is 10.8. The van der Waals surface area contributed by atoms with Crippen LogP contribution in [0.1, 0.15) is 24.6 Å². The summed E-state index contributed by atoms with van der Waals surface area (Å²) in [5, 5.41) is 9.56. The first-order valence-corrected chi connectivity index (χ1v) is 5.10. The van der Waals surface area contributed by atoms with E-state index in [0.717, 1.165) is 11.4 Å². The molecular weight excluding hydrogens is 194 g/mol. The van der Waals surface area contributed by atoms with Gasteiger partial charge in [-0.2, -0.15) is 0 Å². The van der Waals surface area contributed by atoms with Crippen LogP contribution in [0.5, 0.6) is 5.75 Å². The summed E-state index contributed by atoms with van der Waals surface area (Å²) >= 11 is 0. The molecule has 0 bridgehead atoms. The van der Waals surface area contributed by atoms with Crippen molar-refractivity contribution < 1.29 is 14.6 Å². The van der Waals surface area contributed by atoms with Gasteiger partial charge in [-0.1, -0.05) is 0 Å². The van der Waals surface area contributed by atoms with Crippen LogP contribution in [0.2, 0.25) is 0 Å². The maximum atomic E-state index is 9.56. The number of aliphatic hydroxyl groups is 1. The monoisotopic (exact) mass is 209 g/mol. The largest absolute Gasteiger partial charge is 0.495 e. The lowest BCUT2D eigenvalue weighted by molar-refractivity contribution is -0.0474. The molecule has 2 unspecified atom stereocenters. The Kier molecular flexibility index (Phi) is 3.18. The van der Waals surface area contributed by atoms with Gasteiger partial charge in [-0.15, -0.1) is 0 Å². The van der Waals surface area contributed by atoms with Gasteiger partial charge in [0.15, 0.2) is 0 Å². The molecule has 0 saturated carbocycles. The Bertz CT molecular complexity index is 329. The van der Waals surface area contributed by atoms with Crippen LogP contribution in [0.4, 0.5) is 0 Å². The predicted molar refractivity (Wildman–Crippen MR) is 54.7 cm³/mol. The highest BCUT2D eigenvalue weighted by atomic mass is 16.5. The Morgan fingerprint density at radius 3 is 3.20 bits per heavy atom. The Morgan fingerprint density at radius 2 is 2.47 bits per heavy atom. The van der Waals surface area contributed by atoms with E-state index >= 15 is 0 Å². The molecule has 2 atom stereocenters. The van der Waals surface area contributed by atoms with Gasteiger partial charge in [0.1, 0.15) is 17.5 Å². The SMILES string of the molecule is COc1cccnc1C1CC(O)CCO1. The minimum Gasteiger partial charge on any atom is -0.495 e. The zero-order valence-electron chi connectivity index (χ0n) is 8.72. The second-order valence-corrected chi connectivity index (χ2v) is 3.63. The fraction of sp³-hybridized carbons (Fsp3) is 0.545. The molecule has 0 radical (unpaired) electrons. The lowest BCUT2D eigenvalue weighted by Gasteiger charge is -2.26. The van der Waals surface area contributed by atoms with Gasteiger partial charge < -0.3 is 14.6 Å². The molecule has 0 amide bonds. The van der Waals surface area contributed by atoms with E-state index in [9.17, 15) is 5.11 Å². The minimum atomic E-state index is -0.296. The number of aliphatic hydroxyl groups excluding tert-OH is 1. The number of pyridine rings is 1. The molecule has 1 aromatic heterocycles. The zero-order chi connectivity index (χ0) is 10.7. The number of methoxy groups -OCH3 is 1. The number of ether oxygens (including phenoxy) is 2. The number of hydrogen-bond acceptors (Lipinski definition) is 4. The van der Waals surface area contributed by atoms with Crippen molar-refractivity contribution in [1.29, 1.82) is 0 Å². The second kappa shape index (κ2) is 4.59. The third kappa shape index (κ3) is 2.27. The molecule has 0 aromatic carbocycles. The highest BCUT2D eigenvalue weighted by molar-refractivity contribution is 5.28. The molecule has 82 valence electrons. The lowest BCUT2D eigenvalue weighted by atomic mass is 10.0. The van der Waals surface area contributed by atoms with Crippen LogP contribution in [0.3, 0.4) is 0 Å². The van der Waals surface area contributed by atoms with Crippen molar-refractivity contribution in [3.05, 3.63) is 24.0 Å². The molecule has 1 aliphatic heterocycles. The molecular formula is C11H15NO3. The van der Waals surface area contributed by atoms with Crippen LogP contribution >= 0.6 is 0 Å². The molecule has 4 heteroatoms. The van der Waals surface area contributed by atoms with Crippen molar-refractivity contribution in [1.82, 2.24) is 4.98 Å². The first-order chi connectivity index (χ1) is 7.31. The third-order valence-electron chi connectivity index (χ3n) is 2.58. The third-order valence-corrected chi connectivity index (χ3v) is 2.58. The first-order valence-electron chi connectivity index (χ1n) is 5.10. The molecule has 15 heavy (non-hydrogen) atoms. The molecule has 1 aliphatic rings. The smallest absolute Gasteiger partial charge is 0.143 e. The molecule has 0 aliphatic carbocycles. The van der Waals surface area contributed by atoms with Gasteiger partial charge in [0.05, 0.1) is 13.2 Å². The lowest BCUT2D eigenvalue weighted by Crippen LogP contribution is -2.24. The molecule has 0 spiro atoms. The number of hydrogen-bond donors (Lipinski definition) is 1. The topological polar surface area (TPSA) is 51.6 Å². The maximum absolute atomic E-state index is 9.56. The van der Waals surface area contributed by atoms with Crippen molar-refractivity contribution in [3.63, 3.8) is 0 Å². The normalized spacial score (nSPS) is 26.3. The predicted octanol–water partition coefficient (Wildman–Crippen LogP) is 1.30. The van der Waals surface area contributed by atoms with E-state index in [1.807, 2.05) is 12.1 Å². The maximum Gasteiger partial charge on any atom is 0.143 e. The van der Waals surface area contributed by atoms with Gasteiger partial charge in [0.2, 0.25) is 0 Å². The molecule has 1 N–H and O–H groups in total. The van der Waals surface area contributed by atoms with Crippen molar-refractivity contribution in [2.45, 2.75) is 25.0 Å². The van der Waals surface area contributed by atoms with E-state index in [0.29, 0.717) is 19.4 Å². The van der Waals surface area contributed by atoms with E-state index in [2.05, 4.69) is 4.98 Å². The van der Waals surface area contributed by atoms with E-state index in [-0.39, 0.29) is 12.2 Å². The fourth-order valence-electron chi connectivity index (χ4n) is 1.79. The van der Waals surface area contributed by atoms with Crippen LogP contribution in [0, 0.1) is 0 Å². The second-order valence-electron chi connectivity index (χ2n) is 3.63. The summed E-state index contributed by atoms with van der Waals surface area (Å²) in [5.41, 5.74) is 0.777. The van der Waals surface area contributed by atoms with E-state index in [4.69, 9.17) is 9.47 Å². The van der Waals surface area contributed by atoms with Crippen LogP contribution < -0.4 is 4.74 Å². The van der Waals surface area contributed by atoms with Crippen molar-refractivity contribution >= 4 is 0 Å². The van der Waals surface area contributed by atoms with Gasteiger partial charge >= 0.3 is 0 Å². The molecule has 1 fully saturated rings. The summed E-state index contributed by atoms with van der Waals surface area (Å²) in [6.07, 6.45) is 2.56. The van der Waals surface area contributed by atoms with E-state index in [1.54, 1.807) is 13.3 Å². The standard InChI is InChI=1S/C11H15NO3/c1-14-9-3-2-5-12-11(9)10-7-8(13)4-6-15-10/h2-3,5,8,10,13H,4,6-7H2,1H3. The number of aromatic nitrogens is 1. The van der Waals surface area contributed by atoms with Crippen LogP contribution in [-0.4, -0.2) is 29.9 Å². The highest BCUT2D eigenvalue weighted by Gasteiger charge is 2.25. The van der Waals surface area contributed by atoms with E-state index in [1.165, 1.54) is 0 Å². The Balaban J connectivity index is 2.20. The Labute approximate surface area is 88.9 Å². The summed E-state index contributed by atoms with van der Waals surface area (Å²) in [4.78, 5) is 4.25. The van der Waals surface area contributed by atoms with Gasteiger partial charge in [-0.05, 0) is 18.6 Å². The summed E-state index contributed by atoms with van der Waals surface area (Å²) in [7, 11) is 1.61. The average molecular weight is 209 g/mol. The number of nitrogens with zero attached hydrogens (tertiary/aromatic N) is 1. The van der Waals surface area contributed by atoms with Gasteiger partial charge in [0, 0.05) is 19.2 Å². The average Bonchev–Trinajstić information content (AvgIpc) is 2.29. The van der Waals surface area contributed by atoms with Gasteiger partial charge in [-0.3, -0.25) is 4.98 Å².